The number of benzene rings is 1. The SMILES string of the molecule is CC(C)(C)OC(=O)[C@H](CCC(O)CN=[N+]=[N-])NC(=O)OCc1ccccc1. The maximum atomic E-state index is 12.3. The number of aliphatic hydroxyl groups excluding tert-OH is 1. The van der Waals surface area contributed by atoms with Gasteiger partial charge in [0.05, 0.1) is 12.6 Å². The first-order valence-electron chi connectivity index (χ1n) is 8.60. The number of carbonyl (C=O) groups is 2. The molecule has 0 fully saturated rings. The largest absolute Gasteiger partial charge is 0.458 e. The Bertz CT molecular complexity index is 653. The van der Waals surface area contributed by atoms with Crippen LogP contribution in [0.15, 0.2) is 35.4 Å². The van der Waals surface area contributed by atoms with Gasteiger partial charge in [0.15, 0.2) is 0 Å². The third kappa shape index (κ3) is 10.1. The fourth-order valence-electron chi connectivity index (χ4n) is 2.11. The molecule has 9 nitrogen and oxygen atoms in total. The van der Waals surface area contributed by atoms with E-state index < -0.39 is 29.8 Å². The van der Waals surface area contributed by atoms with Gasteiger partial charge in [0, 0.05) is 4.91 Å². The van der Waals surface area contributed by atoms with E-state index in [0.29, 0.717) is 0 Å². The molecule has 1 aromatic carbocycles. The second-order valence-corrected chi connectivity index (χ2v) is 6.94. The van der Waals surface area contributed by atoms with E-state index in [-0.39, 0.29) is 26.0 Å². The molecule has 0 bridgehead atoms. The molecule has 0 saturated heterocycles. The van der Waals surface area contributed by atoms with E-state index in [0.717, 1.165) is 5.56 Å². The Morgan fingerprint density at radius 3 is 2.52 bits per heavy atom. The number of esters is 1. The molecule has 1 amide bonds. The quantitative estimate of drug-likeness (QED) is 0.295. The zero-order valence-electron chi connectivity index (χ0n) is 15.8. The van der Waals surface area contributed by atoms with Gasteiger partial charge in [-0.25, -0.2) is 9.59 Å². The van der Waals surface area contributed by atoms with Crippen LogP contribution < -0.4 is 5.32 Å². The summed E-state index contributed by atoms with van der Waals surface area (Å²) in [6.45, 7) is 5.09. The number of carbonyl (C=O) groups excluding carboxylic acids is 2. The second kappa shape index (κ2) is 11.1. The van der Waals surface area contributed by atoms with Crippen LogP contribution in [-0.2, 0) is 20.9 Å². The van der Waals surface area contributed by atoms with Crippen molar-refractivity contribution in [1.82, 2.24) is 5.32 Å². The molecule has 0 heterocycles. The number of hydrogen-bond donors (Lipinski definition) is 2. The predicted octanol–water partition coefficient (Wildman–Crippen LogP) is 3.07. The van der Waals surface area contributed by atoms with Crippen molar-refractivity contribution in [1.29, 1.82) is 0 Å². The van der Waals surface area contributed by atoms with Crippen molar-refractivity contribution in [3.05, 3.63) is 46.3 Å². The van der Waals surface area contributed by atoms with Gasteiger partial charge >= 0.3 is 12.1 Å². The molecule has 9 heteroatoms. The van der Waals surface area contributed by atoms with Crippen molar-refractivity contribution in [3.8, 4) is 0 Å². The van der Waals surface area contributed by atoms with Crippen LogP contribution in [0.1, 0.15) is 39.2 Å². The van der Waals surface area contributed by atoms with E-state index in [4.69, 9.17) is 15.0 Å². The molecule has 0 aliphatic rings. The lowest BCUT2D eigenvalue weighted by Crippen LogP contribution is -2.44. The van der Waals surface area contributed by atoms with Crippen LogP contribution in [0.3, 0.4) is 0 Å². The lowest BCUT2D eigenvalue weighted by atomic mass is 10.1. The lowest BCUT2D eigenvalue weighted by Gasteiger charge is -2.25. The minimum Gasteiger partial charge on any atom is -0.458 e. The number of aliphatic hydroxyl groups is 1. The summed E-state index contributed by atoms with van der Waals surface area (Å²) in [5.74, 6) is -0.629. The van der Waals surface area contributed by atoms with E-state index in [1.807, 2.05) is 30.3 Å². The van der Waals surface area contributed by atoms with Crippen molar-refractivity contribution in [2.24, 2.45) is 5.11 Å². The maximum absolute atomic E-state index is 12.3. The highest BCUT2D eigenvalue weighted by molar-refractivity contribution is 5.81. The lowest BCUT2D eigenvalue weighted by molar-refractivity contribution is -0.157. The number of alkyl carbamates (subject to hydrolysis) is 1. The number of ether oxygens (including phenoxy) is 2. The first-order valence-corrected chi connectivity index (χ1v) is 8.60. The van der Waals surface area contributed by atoms with E-state index in [1.54, 1.807) is 20.8 Å². The molecule has 0 radical (unpaired) electrons. The fraction of sp³-hybridized carbons (Fsp3) is 0.556. The van der Waals surface area contributed by atoms with Gasteiger partial charge in [0.25, 0.3) is 0 Å². The average molecular weight is 378 g/mol. The molecule has 1 unspecified atom stereocenters. The Morgan fingerprint density at radius 1 is 1.26 bits per heavy atom. The van der Waals surface area contributed by atoms with Crippen LogP contribution in [0.4, 0.5) is 4.79 Å². The Morgan fingerprint density at radius 2 is 1.93 bits per heavy atom. The van der Waals surface area contributed by atoms with Gasteiger partial charge in [-0.05, 0) is 44.7 Å². The molecule has 0 spiro atoms. The highest BCUT2D eigenvalue weighted by atomic mass is 16.6. The molecule has 1 aromatic rings. The first kappa shape index (κ1) is 22.3. The molecular formula is C18H26N4O5. The highest BCUT2D eigenvalue weighted by Gasteiger charge is 2.27. The summed E-state index contributed by atoms with van der Waals surface area (Å²) in [5, 5.41) is 15.5. The number of rotatable bonds is 9. The van der Waals surface area contributed by atoms with E-state index in [9.17, 15) is 14.7 Å². The van der Waals surface area contributed by atoms with Crippen LogP contribution in [0.2, 0.25) is 0 Å². The third-order valence-corrected chi connectivity index (χ3v) is 3.34. The van der Waals surface area contributed by atoms with Gasteiger partial charge in [-0.1, -0.05) is 35.4 Å². The Kier molecular flexibility index (Phi) is 9.12. The topological polar surface area (TPSA) is 134 Å². The average Bonchev–Trinajstić information content (AvgIpc) is 2.61. The number of amides is 1. The van der Waals surface area contributed by atoms with Gasteiger partial charge < -0.3 is 19.9 Å². The fourth-order valence-corrected chi connectivity index (χ4v) is 2.11. The Balaban J connectivity index is 2.64. The normalized spacial score (nSPS) is 13.0. The number of hydrogen-bond acceptors (Lipinski definition) is 6. The minimum absolute atomic E-state index is 0.0627. The van der Waals surface area contributed by atoms with Crippen LogP contribution in [0.25, 0.3) is 10.4 Å². The van der Waals surface area contributed by atoms with Crippen molar-refractivity contribution in [2.45, 2.75) is 58.0 Å². The Hall–Kier alpha value is -2.77. The number of nitrogens with one attached hydrogen (secondary N) is 1. The van der Waals surface area contributed by atoms with Gasteiger partial charge in [-0.2, -0.15) is 0 Å². The summed E-state index contributed by atoms with van der Waals surface area (Å²) in [6.07, 6.45) is -1.44. The van der Waals surface area contributed by atoms with Crippen molar-refractivity contribution in [2.75, 3.05) is 6.54 Å². The predicted molar refractivity (Wildman–Crippen MR) is 98.6 cm³/mol. The molecule has 2 atom stereocenters. The molecule has 0 aromatic heterocycles. The maximum Gasteiger partial charge on any atom is 0.408 e. The standard InChI is InChI=1S/C18H26N4O5/c1-18(2,3)27-16(24)15(10-9-14(23)11-20-22-19)21-17(25)26-12-13-7-5-4-6-8-13/h4-8,14-15,23H,9-12H2,1-3H3,(H,21,25)/t14?,15-/m0/s1. The van der Waals surface area contributed by atoms with E-state index >= 15 is 0 Å². The van der Waals surface area contributed by atoms with Gasteiger partial charge in [0.1, 0.15) is 18.2 Å². The van der Waals surface area contributed by atoms with Crippen LogP contribution >= 0.6 is 0 Å². The van der Waals surface area contributed by atoms with E-state index in [1.165, 1.54) is 0 Å². The molecule has 1 rings (SSSR count). The smallest absolute Gasteiger partial charge is 0.408 e. The summed E-state index contributed by atoms with van der Waals surface area (Å²) in [7, 11) is 0. The zero-order valence-corrected chi connectivity index (χ0v) is 15.8. The number of nitrogens with zero attached hydrogens (tertiary/aromatic N) is 3. The number of azide groups is 1. The summed E-state index contributed by atoms with van der Waals surface area (Å²) in [4.78, 5) is 27.0. The van der Waals surface area contributed by atoms with Gasteiger partial charge in [-0.15, -0.1) is 0 Å². The molecular weight excluding hydrogens is 352 g/mol. The monoisotopic (exact) mass is 378 g/mol. The second-order valence-electron chi connectivity index (χ2n) is 6.94. The van der Waals surface area contributed by atoms with Gasteiger partial charge in [0.2, 0.25) is 0 Å². The molecule has 0 aliphatic heterocycles. The van der Waals surface area contributed by atoms with Crippen molar-refractivity contribution < 1.29 is 24.2 Å². The van der Waals surface area contributed by atoms with Crippen LogP contribution in [0.5, 0.6) is 0 Å². The molecule has 27 heavy (non-hydrogen) atoms. The summed E-state index contributed by atoms with van der Waals surface area (Å²) >= 11 is 0. The Labute approximate surface area is 158 Å². The summed E-state index contributed by atoms with van der Waals surface area (Å²) in [5.41, 5.74) is 8.36. The van der Waals surface area contributed by atoms with Crippen LogP contribution in [-0.4, -0.2) is 41.5 Å². The van der Waals surface area contributed by atoms with Gasteiger partial charge in [-0.3, -0.25) is 0 Å². The molecule has 0 saturated carbocycles. The highest BCUT2D eigenvalue weighted by Crippen LogP contribution is 2.12. The summed E-state index contributed by atoms with van der Waals surface area (Å²) < 4.78 is 10.4. The summed E-state index contributed by atoms with van der Waals surface area (Å²) in [6, 6.07) is 8.13. The zero-order chi connectivity index (χ0) is 20.3. The van der Waals surface area contributed by atoms with Crippen LogP contribution in [0, 0.1) is 0 Å². The molecule has 148 valence electrons. The first-order chi connectivity index (χ1) is 12.7. The third-order valence-electron chi connectivity index (χ3n) is 3.34. The van der Waals surface area contributed by atoms with Crippen molar-refractivity contribution >= 4 is 12.1 Å². The molecule has 2 N–H and O–H groups in total. The van der Waals surface area contributed by atoms with Crippen molar-refractivity contribution in [3.63, 3.8) is 0 Å². The molecule has 0 aliphatic carbocycles. The minimum atomic E-state index is -0.992. The van der Waals surface area contributed by atoms with E-state index in [2.05, 4.69) is 15.3 Å².